The van der Waals surface area contributed by atoms with Gasteiger partial charge in [0, 0.05) is 31.8 Å². The highest BCUT2D eigenvalue weighted by Gasteiger charge is 2.15. The van der Waals surface area contributed by atoms with Crippen molar-refractivity contribution in [2.45, 2.75) is 20.0 Å². The van der Waals surface area contributed by atoms with Crippen LogP contribution in [0.3, 0.4) is 0 Å². The van der Waals surface area contributed by atoms with Crippen molar-refractivity contribution in [2.75, 3.05) is 26.2 Å². The van der Waals surface area contributed by atoms with Crippen LogP contribution in [0.1, 0.15) is 19.1 Å². The number of hydrogen-bond acceptors (Lipinski definition) is 4. The van der Waals surface area contributed by atoms with Crippen LogP contribution in [0.5, 0.6) is 0 Å². The van der Waals surface area contributed by atoms with E-state index in [4.69, 9.17) is 9.15 Å². The van der Waals surface area contributed by atoms with Crippen LogP contribution in [0.15, 0.2) is 34.0 Å². The standard InChI is InChI=1S/C14H20N2O3/c1-11(12-8-15-9-12)14(17)16-5-3-6-18-10-13-4-2-7-19-13/h2,4,7,15H,3,5-6,8-10H2,1H3,(H,16,17). The Hall–Kier alpha value is -1.59. The van der Waals surface area contributed by atoms with Crippen LogP contribution in [-0.4, -0.2) is 32.1 Å². The summed E-state index contributed by atoms with van der Waals surface area (Å²) in [4.78, 5) is 11.7. The lowest BCUT2D eigenvalue weighted by Crippen LogP contribution is -2.37. The van der Waals surface area contributed by atoms with E-state index in [1.165, 1.54) is 5.57 Å². The first-order valence-electron chi connectivity index (χ1n) is 6.55. The highest BCUT2D eigenvalue weighted by Crippen LogP contribution is 2.08. The minimum atomic E-state index is 0.0301. The fourth-order valence-electron chi connectivity index (χ4n) is 1.75. The van der Waals surface area contributed by atoms with E-state index >= 15 is 0 Å². The molecule has 1 fully saturated rings. The lowest BCUT2D eigenvalue weighted by Gasteiger charge is -2.21. The molecule has 0 unspecified atom stereocenters. The number of amides is 1. The fourth-order valence-corrected chi connectivity index (χ4v) is 1.75. The van der Waals surface area contributed by atoms with Gasteiger partial charge in [-0.1, -0.05) is 0 Å². The van der Waals surface area contributed by atoms with Crippen molar-refractivity contribution < 1.29 is 13.9 Å². The van der Waals surface area contributed by atoms with E-state index in [1.54, 1.807) is 6.26 Å². The molecule has 1 aliphatic heterocycles. The van der Waals surface area contributed by atoms with Crippen molar-refractivity contribution in [3.05, 3.63) is 35.3 Å². The van der Waals surface area contributed by atoms with Crippen LogP contribution >= 0.6 is 0 Å². The minimum Gasteiger partial charge on any atom is -0.467 e. The Kier molecular flexibility index (Phi) is 5.18. The molecule has 0 saturated carbocycles. The van der Waals surface area contributed by atoms with Crippen LogP contribution in [0.25, 0.3) is 0 Å². The van der Waals surface area contributed by atoms with Crippen molar-refractivity contribution in [3.63, 3.8) is 0 Å². The average molecular weight is 264 g/mol. The lowest BCUT2D eigenvalue weighted by atomic mass is 10.0. The van der Waals surface area contributed by atoms with Crippen LogP contribution in [0.2, 0.25) is 0 Å². The van der Waals surface area contributed by atoms with Gasteiger partial charge in [-0.3, -0.25) is 4.79 Å². The van der Waals surface area contributed by atoms with Gasteiger partial charge in [0.25, 0.3) is 0 Å². The highest BCUT2D eigenvalue weighted by molar-refractivity contribution is 5.93. The van der Waals surface area contributed by atoms with Gasteiger partial charge in [0.1, 0.15) is 12.4 Å². The molecule has 2 heterocycles. The molecule has 19 heavy (non-hydrogen) atoms. The molecule has 1 saturated heterocycles. The maximum Gasteiger partial charge on any atom is 0.246 e. The summed E-state index contributed by atoms with van der Waals surface area (Å²) in [5.41, 5.74) is 2.04. The third-order valence-corrected chi connectivity index (χ3v) is 3.12. The summed E-state index contributed by atoms with van der Waals surface area (Å²) in [6, 6.07) is 3.72. The molecule has 2 N–H and O–H groups in total. The SMILES string of the molecule is CC(C(=O)NCCCOCc1ccco1)=C1CNC1. The van der Waals surface area contributed by atoms with E-state index in [9.17, 15) is 4.79 Å². The second-order valence-electron chi connectivity index (χ2n) is 4.57. The molecule has 2 rings (SSSR count). The maximum atomic E-state index is 11.7. The molecule has 0 radical (unpaired) electrons. The van der Waals surface area contributed by atoms with Gasteiger partial charge in [-0.2, -0.15) is 0 Å². The van der Waals surface area contributed by atoms with Crippen molar-refractivity contribution in [2.24, 2.45) is 0 Å². The van der Waals surface area contributed by atoms with E-state index in [2.05, 4.69) is 10.6 Å². The molecular formula is C14H20N2O3. The molecule has 104 valence electrons. The number of nitrogens with one attached hydrogen (secondary N) is 2. The molecule has 0 aliphatic carbocycles. The number of rotatable bonds is 7. The van der Waals surface area contributed by atoms with Crippen LogP contribution in [-0.2, 0) is 16.1 Å². The van der Waals surface area contributed by atoms with Crippen molar-refractivity contribution >= 4 is 5.91 Å². The predicted molar refractivity (Wildman–Crippen MR) is 71.6 cm³/mol. The first kappa shape index (κ1) is 13.8. The summed E-state index contributed by atoms with van der Waals surface area (Å²) in [7, 11) is 0. The zero-order chi connectivity index (χ0) is 13.5. The second-order valence-corrected chi connectivity index (χ2v) is 4.57. The zero-order valence-electron chi connectivity index (χ0n) is 11.2. The van der Waals surface area contributed by atoms with E-state index in [-0.39, 0.29) is 5.91 Å². The van der Waals surface area contributed by atoms with E-state index in [1.807, 2.05) is 19.1 Å². The molecule has 0 atom stereocenters. The van der Waals surface area contributed by atoms with E-state index in [0.717, 1.165) is 30.8 Å². The Labute approximate surface area is 113 Å². The summed E-state index contributed by atoms with van der Waals surface area (Å²) in [5.74, 6) is 0.852. The maximum absolute atomic E-state index is 11.7. The Balaban J connectivity index is 1.53. The molecule has 0 aromatic carbocycles. The van der Waals surface area contributed by atoms with Gasteiger partial charge in [-0.05, 0) is 31.1 Å². The molecule has 1 amide bonds. The summed E-state index contributed by atoms with van der Waals surface area (Å²) in [6.07, 6.45) is 2.43. The van der Waals surface area contributed by atoms with E-state index < -0.39 is 0 Å². The third kappa shape index (κ3) is 4.22. The molecule has 1 aromatic heterocycles. The van der Waals surface area contributed by atoms with Crippen molar-refractivity contribution in [1.82, 2.24) is 10.6 Å². The minimum absolute atomic E-state index is 0.0301. The molecule has 0 bridgehead atoms. The Morgan fingerprint density at radius 3 is 3.00 bits per heavy atom. The Bertz CT molecular complexity index is 432. The topological polar surface area (TPSA) is 63.5 Å². The fraction of sp³-hybridized carbons (Fsp3) is 0.500. The molecule has 0 spiro atoms. The van der Waals surface area contributed by atoms with Crippen LogP contribution < -0.4 is 10.6 Å². The first-order chi connectivity index (χ1) is 9.27. The summed E-state index contributed by atoms with van der Waals surface area (Å²) in [5, 5.41) is 6.02. The summed E-state index contributed by atoms with van der Waals surface area (Å²) >= 11 is 0. The molecule has 1 aromatic rings. The molecule has 5 heteroatoms. The van der Waals surface area contributed by atoms with Gasteiger partial charge in [-0.25, -0.2) is 0 Å². The van der Waals surface area contributed by atoms with Gasteiger partial charge >= 0.3 is 0 Å². The van der Waals surface area contributed by atoms with Gasteiger partial charge < -0.3 is 19.8 Å². The zero-order valence-corrected chi connectivity index (χ0v) is 11.2. The number of ether oxygens (including phenoxy) is 1. The first-order valence-corrected chi connectivity index (χ1v) is 6.55. The molecular weight excluding hydrogens is 244 g/mol. The Morgan fingerprint density at radius 1 is 1.53 bits per heavy atom. The van der Waals surface area contributed by atoms with Crippen molar-refractivity contribution in [3.8, 4) is 0 Å². The summed E-state index contributed by atoms with van der Waals surface area (Å²) in [6.45, 7) is 5.28. The van der Waals surface area contributed by atoms with Crippen LogP contribution in [0, 0.1) is 0 Å². The number of carbonyl (C=O) groups excluding carboxylic acids is 1. The van der Waals surface area contributed by atoms with Crippen LogP contribution in [0.4, 0.5) is 0 Å². The van der Waals surface area contributed by atoms with E-state index in [0.29, 0.717) is 19.8 Å². The van der Waals surface area contributed by atoms with Gasteiger partial charge in [0.05, 0.1) is 6.26 Å². The Morgan fingerprint density at radius 2 is 2.37 bits per heavy atom. The highest BCUT2D eigenvalue weighted by atomic mass is 16.5. The smallest absolute Gasteiger partial charge is 0.246 e. The van der Waals surface area contributed by atoms with Gasteiger partial charge in [0.15, 0.2) is 0 Å². The number of hydrogen-bond donors (Lipinski definition) is 2. The number of carbonyl (C=O) groups is 1. The average Bonchev–Trinajstić information content (AvgIpc) is 2.84. The summed E-state index contributed by atoms with van der Waals surface area (Å²) < 4.78 is 10.6. The lowest BCUT2D eigenvalue weighted by molar-refractivity contribution is -0.117. The van der Waals surface area contributed by atoms with Crippen molar-refractivity contribution in [1.29, 1.82) is 0 Å². The normalized spacial score (nSPS) is 14.1. The molecule has 5 nitrogen and oxygen atoms in total. The molecule has 1 aliphatic rings. The second kappa shape index (κ2) is 7.11. The van der Waals surface area contributed by atoms with Gasteiger partial charge in [0.2, 0.25) is 5.91 Å². The largest absolute Gasteiger partial charge is 0.467 e. The monoisotopic (exact) mass is 264 g/mol. The predicted octanol–water partition coefficient (Wildman–Crippen LogP) is 1.22. The van der Waals surface area contributed by atoms with Gasteiger partial charge in [-0.15, -0.1) is 0 Å². The number of furan rings is 1. The quantitative estimate of drug-likeness (QED) is 0.574. The third-order valence-electron chi connectivity index (χ3n) is 3.12.